The van der Waals surface area contributed by atoms with E-state index in [0.717, 1.165) is 5.56 Å². The van der Waals surface area contributed by atoms with Gasteiger partial charge in [0.2, 0.25) is 15.9 Å². The molecule has 1 saturated heterocycles. The zero-order valence-corrected chi connectivity index (χ0v) is 18.0. The molecule has 2 rings (SSSR count). The van der Waals surface area contributed by atoms with Crippen LogP contribution in [0.2, 0.25) is 0 Å². The molecule has 1 aliphatic heterocycles. The lowest BCUT2D eigenvalue weighted by Crippen LogP contribution is -2.39. The molecular weight excluding hydrogens is 382 g/mol. The molecule has 28 heavy (non-hydrogen) atoms. The van der Waals surface area contributed by atoms with Gasteiger partial charge in [0.15, 0.2) is 0 Å². The number of carbonyl (C=O) groups excluding carboxylic acids is 1. The number of rotatable bonds is 8. The first kappa shape index (κ1) is 22.6. The third kappa shape index (κ3) is 5.91. The predicted octanol–water partition coefficient (Wildman–Crippen LogP) is 0.805. The number of nitrogens with zero attached hydrogens (tertiary/aromatic N) is 3. The third-order valence-corrected chi connectivity index (χ3v) is 6.63. The molecule has 1 amide bonds. The largest absolute Gasteiger partial charge is 0.491 e. The lowest BCUT2D eigenvalue weighted by atomic mass is 10.2. The molecule has 0 spiro atoms. The molecule has 0 radical (unpaired) electrons. The summed E-state index contributed by atoms with van der Waals surface area (Å²) in [7, 11) is 1.46. The van der Waals surface area contributed by atoms with E-state index in [2.05, 4.69) is 0 Å². The van der Waals surface area contributed by atoms with Crippen LogP contribution in [0.15, 0.2) is 23.1 Å². The monoisotopic (exact) mass is 413 g/mol. The second-order valence-electron chi connectivity index (χ2n) is 7.09. The van der Waals surface area contributed by atoms with Gasteiger partial charge >= 0.3 is 0 Å². The maximum Gasteiger partial charge on any atom is 0.243 e. The van der Waals surface area contributed by atoms with Crippen LogP contribution < -0.4 is 4.74 Å². The number of amides is 1. The zero-order valence-electron chi connectivity index (χ0n) is 17.2. The van der Waals surface area contributed by atoms with E-state index in [1.807, 2.05) is 11.8 Å². The van der Waals surface area contributed by atoms with Gasteiger partial charge in [0.25, 0.3) is 0 Å². The van der Waals surface area contributed by atoms with Crippen molar-refractivity contribution < 1.29 is 22.7 Å². The van der Waals surface area contributed by atoms with Gasteiger partial charge in [-0.05, 0) is 43.7 Å². The van der Waals surface area contributed by atoms with Crippen LogP contribution in [0.25, 0.3) is 0 Å². The molecule has 0 aromatic heterocycles. The summed E-state index contributed by atoms with van der Waals surface area (Å²) in [5.41, 5.74) is 0.769. The summed E-state index contributed by atoms with van der Waals surface area (Å²) in [6.07, 6.45) is 0.692. The average Bonchev–Trinajstić information content (AvgIpc) is 2.89. The van der Waals surface area contributed by atoms with Crippen molar-refractivity contribution in [1.29, 1.82) is 0 Å². The Morgan fingerprint density at radius 2 is 1.89 bits per heavy atom. The lowest BCUT2D eigenvalue weighted by molar-refractivity contribution is -0.129. The summed E-state index contributed by atoms with van der Waals surface area (Å²) in [4.78, 5) is 15.7. The Balaban J connectivity index is 2.05. The second kappa shape index (κ2) is 10.2. The van der Waals surface area contributed by atoms with Gasteiger partial charge in [0.1, 0.15) is 12.4 Å². The lowest BCUT2D eigenvalue weighted by Gasteiger charge is -2.22. The Hall–Kier alpha value is -1.68. The summed E-state index contributed by atoms with van der Waals surface area (Å²) in [6.45, 7) is 5.09. The van der Waals surface area contributed by atoms with Crippen molar-refractivity contribution in [1.82, 2.24) is 14.1 Å². The Morgan fingerprint density at radius 1 is 1.14 bits per heavy atom. The number of sulfonamides is 1. The quantitative estimate of drug-likeness (QED) is 0.587. The zero-order chi connectivity index (χ0) is 20.7. The van der Waals surface area contributed by atoms with Crippen molar-refractivity contribution in [3.8, 4) is 5.75 Å². The van der Waals surface area contributed by atoms with Crippen LogP contribution in [0.1, 0.15) is 12.0 Å². The minimum Gasteiger partial charge on any atom is -0.491 e. The summed E-state index contributed by atoms with van der Waals surface area (Å²) < 4.78 is 38.2. The highest BCUT2D eigenvalue weighted by molar-refractivity contribution is 7.89. The third-order valence-electron chi connectivity index (χ3n) is 4.73. The van der Waals surface area contributed by atoms with Crippen LogP contribution in [0, 0.1) is 6.92 Å². The Labute approximate surface area is 168 Å². The maximum absolute atomic E-state index is 13.1. The van der Waals surface area contributed by atoms with E-state index >= 15 is 0 Å². The van der Waals surface area contributed by atoms with Gasteiger partial charge < -0.3 is 14.4 Å². The molecule has 0 saturated carbocycles. The van der Waals surface area contributed by atoms with E-state index in [4.69, 9.17) is 9.47 Å². The molecule has 8 nitrogen and oxygen atoms in total. The van der Waals surface area contributed by atoms with Gasteiger partial charge in [0.05, 0.1) is 18.0 Å². The Bertz CT molecular complexity index is 767. The molecule has 1 fully saturated rings. The van der Waals surface area contributed by atoms with Crippen molar-refractivity contribution in [2.24, 2.45) is 0 Å². The number of carbonyl (C=O) groups is 1. The van der Waals surface area contributed by atoms with E-state index in [-0.39, 0.29) is 10.8 Å². The number of ether oxygens (including phenoxy) is 2. The number of methoxy groups -OCH3 is 1. The molecule has 0 unspecified atom stereocenters. The summed E-state index contributed by atoms with van der Waals surface area (Å²) in [6, 6.07) is 4.93. The minimum atomic E-state index is -3.59. The average molecular weight is 414 g/mol. The minimum absolute atomic E-state index is 0.0241. The molecule has 1 aromatic rings. The standard InChI is InChI=1S/C19H31N3O5S/c1-16-14-17(6-7-18(16)27-13-12-26-4)28(24,25)22-9-5-8-21(10-11-22)15-19(23)20(2)3/h6-7,14H,5,8-13,15H2,1-4H3. The molecular formula is C19H31N3O5S. The fraction of sp³-hybridized carbons (Fsp3) is 0.632. The predicted molar refractivity (Wildman–Crippen MR) is 107 cm³/mol. The van der Waals surface area contributed by atoms with Crippen molar-refractivity contribution in [2.45, 2.75) is 18.2 Å². The fourth-order valence-corrected chi connectivity index (χ4v) is 4.56. The van der Waals surface area contributed by atoms with Crippen LogP contribution in [0.3, 0.4) is 0 Å². The van der Waals surface area contributed by atoms with Crippen molar-refractivity contribution in [3.63, 3.8) is 0 Å². The van der Waals surface area contributed by atoms with Crippen LogP contribution >= 0.6 is 0 Å². The fourth-order valence-electron chi connectivity index (χ4n) is 3.01. The van der Waals surface area contributed by atoms with Gasteiger partial charge in [0, 0.05) is 40.8 Å². The molecule has 0 bridgehead atoms. The van der Waals surface area contributed by atoms with Crippen molar-refractivity contribution in [3.05, 3.63) is 23.8 Å². The number of aryl methyl sites for hydroxylation is 1. The van der Waals surface area contributed by atoms with Crippen LogP contribution in [0.4, 0.5) is 0 Å². The number of hydrogen-bond acceptors (Lipinski definition) is 6. The molecule has 1 aliphatic rings. The van der Waals surface area contributed by atoms with Crippen LogP contribution in [-0.2, 0) is 19.6 Å². The van der Waals surface area contributed by atoms with Gasteiger partial charge in [-0.3, -0.25) is 9.69 Å². The Kier molecular flexibility index (Phi) is 8.23. The molecule has 9 heteroatoms. The van der Waals surface area contributed by atoms with E-state index in [9.17, 15) is 13.2 Å². The number of hydrogen-bond donors (Lipinski definition) is 0. The summed E-state index contributed by atoms with van der Waals surface area (Å²) in [5, 5.41) is 0. The highest BCUT2D eigenvalue weighted by Crippen LogP contribution is 2.24. The van der Waals surface area contributed by atoms with Gasteiger partial charge in [-0.2, -0.15) is 4.31 Å². The highest BCUT2D eigenvalue weighted by Gasteiger charge is 2.28. The first-order chi connectivity index (χ1) is 13.3. The number of benzene rings is 1. The van der Waals surface area contributed by atoms with Crippen LogP contribution in [0.5, 0.6) is 5.75 Å². The van der Waals surface area contributed by atoms with E-state index in [1.54, 1.807) is 44.3 Å². The van der Waals surface area contributed by atoms with Crippen LogP contribution in [-0.4, -0.2) is 95.6 Å². The Morgan fingerprint density at radius 3 is 2.54 bits per heavy atom. The van der Waals surface area contributed by atoms with E-state index in [0.29, 0.717) is 58.1 Å². The molecule has 158 valence electrons. The molecule has 0 aliphatic carbocycles. The summed E-state index contributed by atoms with van der Waals surface area (Å²) in [5.74, 6) is 0.677. The highest BCUT2D eigenvalue weighted by atomic mass is 32.2. The van der Waals surface area contributed by atoms with Crippen molar-refractivity contribution >= 4 is 15.9 Å². The summed E-state index contributed by atoms with van der Waals surface area (Å²) >= 11 is 0. The first-order valence-electron chi connectivity index (χ1n) is 9.40. The molecule has 1 aromatic carbocycles. The molecule has 0 atom stereocenters. The van der Waals surface area contributed by atoms with Gasteiger partial charge in [-0.1, -0.05) is 0 Å². The first-order valence-corrected chi connectivity index (χ1v) is 10.8. The smallest absolute Gasteiger partial charge is 0.243 e. The second-order valence-corrected chi connectivity index (χ2v) is 9.03. The van der Waals surface area contributed by atoms with E-state index in [1.165, 1.54) is 4.31 Å². The normalized spacial score (nSPS) is 16.6. The van der Waals surface area contributed by atoms with Crippen molar-refractivity contribution in [2.75, 3.05) is 67.1 Å². The van der Waals surface area contributed by atoms with Gasteiger partial charge in [-0.25, -0.2) is 8.42 Å². The van der Waals surface area contributed by atoms with Gasteiger partial charge in [-0.15, -0.1) is 0 Å². The molecule has 1 heterocycles. The maximum atomic E-state index is 13.1. The van der Waals surface area contributed by atoms with E-state index < -0.39 is 10.0 Å². The number of likely N-dealkylation sites (N-methyl/N-ethyl adjacent to an activating group) is 1. The topological polar surface area (TPSA) is 79.4 Å². The molecule has 0 N–H and O–H groups in total. The SMILES string of the molecule is COCCOc1ccc(S(=O)(=O)N2CCCN(CC(=O)N(C)C)CC2)cc1C.